The quantitative estimate of drug-likeness (QED) is 0.342. The Labute approximate surface area is 180 Å². The number of nitro groups is 1. The van der Waals surface area contributed by atoms with Crippen molar-refractivity contribution in [1.29, 1.82) is 0 Å². The maximum atomic E-state index is 11.9. The minimum atomic E-state index is -0.396. The minimum Gasteiger partial charge on any atom is -0.347 e. The van der Waals surface area contributed by atoms with Crippen LogP contribution in [-0.4, -0.2) is 39.7 Å². The SMILES string of the molecule is CC(C)CN(c1ncccc1[N+](=O)[O-])C1CCN(n2ccc3ccccc32)C(=C=O)C1. The Morgan fingerprint density at radius 2 is 2.06 bits per heavy atom. The molecule has 160 valence electrons. The van der Waals surface area contributed by atoms with Crippen LogP contribution >= 0.6 is 0 Å². The minimum absolute atomic E-state index is 0.0152. The predicted octanol–water partition coefficient (Wildman–Crippen LogP) is 3.92. The lowest BCUT2D eigenvalue weighted by Crippen LogP contribution is -2.49. The first kappa shape index (κ1) is 20.6. The molecule has 31 heavy (non-hydrogen) atoms. The van der Waals surface area contributed by atoms with Gasteiger partial charge in [0.25, 0.3) is 0 Å². The van der Waals surface area contributed by atoms with E-state index in [9.17, 15) is 14.9 Å². The third kappa shape index (κ3) is 4.02. The summed E-state index contributed by atoms with van der Waals surface area (Å²) in [7, 11) is 0. The van der Waals surface area contributed by atoms with Crippen LogP contribution in [0.2, 0.25) is 0 Å². The van der Waals surface area contributed by atoms with Crippen molar-refractivity contribution in [2.24, 2.45) is 5.92 Å². The second-order valence-corrected chi connectivity index (χ2v) is 8.19. The summed E-state index contributed by atoms with van der Waals surface area (Å²) in [5.41, 5.74) is 1.54. The maximum absolute atomic E-state index is 11.9. The zero-order chi connectivity index (χ0) is 22.0. The van der Waals surface area contributed by atoms with E-state index in [0.717, 1.165) is 17.3 Å². The van der Waals surface area contributed by atoms with E-state index < -0.39 is 4.92 Å². The topological polar surface area (TPSA) is 84.5 Å². The summed E-state index contributed by atoms with van der Waals surface area (Å²) in [6.45, 7) is 5.35. The second-order valence-electron chi connectivity index (χ2n) is 8.19. The average Bonchev–Trinajstić information content (AvgIpc) is 3.21. The van der Waals surface area contributed by atoms with E-state index in [4.69, 9.17) is 0 Å². The van der Waals surface area contributed by atoms with Gasteiger partial charge in [0.1, 0.15) is 11.6 Å². The summed E-state index contributed by atoms with van der Waals surface area (Å²) in [5, 5.41) is 14.7. The number of fused-ring (bicyclic) bond motifs is 1. The first-order valence-electron chi connectivity index (χ1n) is 10.4. The van der Waals surface area contributed by atoms with Gasteiger partial charge in [0.15, 0.2) is 0 Å². The number of benzene rings is 1. The van der Waals surface area contributed by atoms with Gasteiger partial charge in [0, 0.05) is 49.4 Å². The van der Waals surface area contributed by atoms with Crippen LogP contribution in [0, 0.1) is 16.0 Å². The van der Waals surface area contributed by atoms with Gasteiger partial charge >= 0.3 is 5.69 Å². The van der Waals surface area contributed by atoms with Gasteiger partial charge in [-0.05, 0) is 30.5 Å². The fourth-order valence-electron chi connectivity index (χ4n) is 4.27. The third-order valence-corrected chi connectivity index (χ3v) is 5.61. The molecule has 0 aliphatic carbocycles. The molecule has 1 unspecified atom stereocenters. The molecule has 8 heteroatoms. The summed E-state index contributed by atoms with van der Waals surface area (Å²) >= 11 is 0. The first-order valence-corrected chi connectivity index (χ1v) is 10.4. The van der Waals surface area contributed by atoms with Gasteiger partial charge < -0.3 is 4.90 Å². The Bertz CT molecular complexity index is 1150. The van der Waals surface area contributed by atoms with Crippen LogP contribution in [0.5, 0.6) is 0 Å². The van der Waals surface area contributed by atoms with Gasteiger partial charge in [-0.1, -0.05) is 32.0 Å². The zero-order valence-electron chi connectivity index (χ0n) is 17.6. The number of para-hydroxylation sites is 1. The molecule has 0 amide bonds. The summed E-state index contributed by atoms with van der Waals surface area (Å²) in [5.74, 6) is 2.76. The van der Waals surface area contributed by atoms with Crippen molar-refractivity contribution in [2.45, 2.75) is 32.7 Å². The number of anilines is 1. The van der Waals surface area contributed by atoms with Crippen molar-refractivity contribution in [3.8, 4) is 0 Å². The highest BCUT2D eigenvalue weighted by Crippen LogP contribution is 2.32. The molecule has 1 aromatic carbocycles. The highest BCUT2D eigenvalue weighted by molar-refractivity contribution is 5.80. The largest absolute Gasteiger partial charge is 0.347 e. The molecule has 1 atom stereocenters. The van der Waals surface area contributed by atoms with Crippen molar-refractivity contribution in [1.82, 2.24) is 9.66 Å². The maximum Gasteiger partial charge on any atom is 0.311 e. The van der Waals surface area contributed by atoms with Crippen LogP contribution in [0.25, 0.3) is 10.9 Å². The summed E-state index contributed by atoms with van der Waals surface area (Å²) in [4.78, 5) is 29.5. The van der Waals surface area contributed by atoms with Crippen LogP contribution in [0.4, 0.5) is 11.5 Å². The van der Waals surface area contributed by atoms with E-state index in [1.165, 1.54) is 6.07 Å². The molecule has 1 aliphatic heterocycles. The predicted molar refractivity (Wildman–Crippen MR) is 120 cm³/mol. The Balaban J connectivity index is 1.66. The fraction of sp³-hybridized carbons (Fsp3) is 0.348. The Morgan fingerprint density at radius 3 is 2.81 bits per heavy atom. The molecule has 3 heterocycles. The van der Waals surface area contributed by atoms with Crippen LogP contribution in [0.15, 0.2) is 60.6 Å². The smallest absolute Gasteiger partial charge is 0.311 e. The van der Waals surface area contributed by atoms with Gasteiger partial charge in [-0.2, -0.15) is 0 Å². The van der Waals surface area contributed by atoms with Gasteiger partial charge in [-0.3, -0.25) is 19.8 Å². The number of hydrogen-bond donors (Lipinski definition) is 0. The number of rotatable bonds is 6. The highest BCUT2D eigenvalue weighted by Gasteiger charge is 2.33. The first-order chi connectivity index (χ1) is 15.0. The molecule has 8 nitrogen and oxygen atoms in total. The number of carbonyl (C=O) groups excluding carboxylic acids is 1. The molecule has 2 aromatic heterocycles. The van der Waals surface area contributed by atoms with E-state index in [2.05, 4.69) is 24.8 Å². The molecule has 0 N–H and O–H groups in total. The Morgan fingerprint density at radius 1 is 1.26 bits per heavy atom. The number of hydrogen-bond acceptors (Lipinski definition) is 6. The number of aromatic nitrogens is 2. The average molecular weight is 419 g/mol. The number of nitrogens with zero attached hydrogens (tertiary/aromatic N) is 5. The molecule has 3 aromatic rings. The lowest BCUT2D eigenvalue weighted by Gasteiger charge is -2.41. The summed E-state index contributed by atoms with van der Waals surface area (Å²) in [6.07, 6.45) is 4.71. The van der Waals surface area contributed by atoms with Gasteiger partial charge in [-0.15, -0.1) is 0 Å². The van der Waals surface area contributed by atoms with E-state index in [0.29, 0.717) is 31.0 Å². The van der Waals surface area contributed by atoms with Crippen molar-refractivity contribution in [2.75, 3.05) is 23.0 Å². The fourth-order valence-corrected chi connectivity index (χ4v) is 4.27. The normalized spacial score (nSPS) is 16.5. The van der Waals surface area contributed by atoms with Gasteiger partial charge in [0.05, 0.1) is 10.4 Å². The van der Waals surface area contributed by atoms with Crippen molar-refractivity contribution in [3.63, 3.8) is 0 Å². The van der Waals surface area contributed by atoms with Crippen LogP contribution < -0.4 is 9.91 Å². The van der Waals surface area contributed by atoms with E-state index in [1.807, 2.05) is 51.1 Å². The van der Waals surface area contributed by atoms with Crippen LogP contribution in [0.3, 0.4) is 0 Å². The Kier molecular flexibility index (Phi) is 5.73. The molecule has 0 bridgehead atoms. The standard InChI is InChI=1S/C23H25N5O3/c1-17(2)15-25(23-22(28(30)31)8-5-11-24-23)19-10-13-26(20(14-19)16-29)27-12-9-18-6-3-4-7-21(18)27/h3-9,11-12,17,19H,10,13-15H2,1-2H3. The van der Waals surface area contributed by atoms with E-state index in [1.54, 1.807) is 12.3 Å². The summed E-state index contributed by atoms with van der Waals surface area (Å²) < 4.78 is 1.99. The molecular formula is C23H25N5O3. The van der Waals surface area contributed by atoms with Crippen LogP contribution in [-0.2, 0) is 4.79 Å². The van der Waals surface area contributed by atoms with Gasteiger partial charge in [-0.25, -0.2) is 9.78 Å². The lowest BCUT2D eigenvalue weighted by atomic mass is 10.00. The second kappa shape index (κ2) is 8.62. The number of piperidine rings is 1. The number of pyridine rings is 1. The zero-order valence-corrected chi connectivity index (χ0v) is 17.6. The lowest BCUT2D eigenvalue weighted by molar-refractivity contribution is -0.384. The molecule has 1 aliphatic rings. The highest BCUT2D eigenvalue weighted by atomic mass is 16.6. The van der Waals surface area contributed by atoms with Crippen molar-refractivity contribution >= 4 is 28.3 Å². The third-order valence-electron chi connectivity index (χ3n) is 5.61. The molecule has 4 rings (SSSR count). The monoisotopic (exact) mass is 419 g/mol. The summed E-state index contributed by atoms with van der Waals surface area (Å²) in [6, 6.07) is 13.0. The van der Waals surface area contributed by atoms with Crippen molar-refractivity contribution in [3.05, 3.63) is 70.7 Å². The van der Waals surface area contributed by atoms with Gasteiger partial charge in [0.2, 0.25) is 5.82 Å². The molecular weight excluding hydrogens is 394 g/mol. The van der Waals surface area contributed by atoms with E-state index in [-0.39, 0.29) is 17.6 Å². The van der Waals surface area contributed by atoms with Crippen LogP contribution in [0.1, 0.15) is 26.7 Å². The molecule has 1 fully saturated rings. The Hall–Kier alpha value is -3.64. The molecule has 0 saturated carbocycles. The van der Waals surface area contributed by atoms with E-state index >= 15 is 0 Å². The molecule has 1 saturated heterocycles. The van der Waals surface area contributed by atoms with Crippen molar-refractivity contribution < 1.29 is 9.72 Å². The molecule has 0 spiro atoms. The molecule has 0 radical (unpaired) electrons.